The summed E-state index contributed by atoms with van der Waals surface area (Å²) in [5.41, 5.74) is 0. The van der Waals surface area contributed by atoms with E-state index < -0.39 is 18.4 Å². The third-order valence-corrected chi connectivity index (χ3v) is 22.4. The van der Waals surface area contributed by atoms with Crippen molar-refractivity contribution in [2.24, 2.45) is 17.8 Å². The molecule has 1 amide bonds. The summed E-state index contributed by atoms with van der Waals surface area (Å²) >= 11 is -2.29. The summed E-state index contributed by atoms with van der Waals surface area (Å²) in [7, 11) is 0. The van der Waals surface area contributed by atoms with Crippen LogP contribution in [0.25, 0.3) is 0 Å². The Morgan fingerprint density at radius 2 is 1.50 bits per heavy atom. The number of esters is 1. The second kappa shape index (κ2) is 19.3. The molecule has 3 atom stereocenters. The first kappa shape index (κ1) is 33.2. The van der Waals surface area contributed by atoms with Crippen molar-refractivity contribution in [3.8, 4) is 0 Å². The molecule has 0 aromatic carbocycles. The van der Waals surface area contributed by atoms with E-state index in [2.05, 4.69) is 57.0 Å². The van der Waals surface area contributed by atoms with E-state index in [1.54, 1.807) is 6.08 Å². The summed E-state index contributed by atoms with van der Waals surface area (Å²) in [6.45, 7) is 13.8. The summed E-state index contributed by atoms with van der Waals surface area (Å²) in [6, 6.07) is 0. The van der Waals surface area contributed by atoms with Crippen LogP contribution in [0.15, 0.2) is 22.3 Å². The maximum atomic E-state index is 12.6. The zero-order valence-electron chi connectivity index (χ0n) is 24.5. The summed E-state index contributed by atoms with van der Waals surface area (Å²) in [5.74, 6) is 0.223. The minimum absolute atomic E-state index is 0.00702. The Labute approximate surface area is 227 Å². The fourth-order valence-electron chi connectivity index (χ4n) is 5.45. The van der Waals surface area contributed by atoms with Crippen molar-refractivity contribution in [2.45, 2.75) is 132 Å². The maximum absolute atomic E-state index is 12.6. The Bertz CT molecular complexity index is 647. The SMILES string of the molecule is CCC[CH2][Sn](/[CH]=C/CNC(=O)/C=C/[C@@H](C)[C@H](OC(=O)C1CCCC1)[C@H](C)CC)([CH2]CCC)[CH2]CCC. The van der Waals surface area contributed by atoms with Gasteiger partial charge in [0.15, 0.2) is 0 Å². The van der Waals surface area contributed by atoms with Crippen LogP contribution in [0.5, 0.6) is 0 Å². The van der Waals surface area contributed by atoms with Crippen molar-refractivity contribution >= 4 is 30.3 Å². The Kier molecular flexibility index (Phi) is 17.8. The molecular weight excluding hydrogens is 553 g/mol. The fourth-order valence-corrected chi connectivity index (χ4v) is 19.8. The molecule has 0 aliphatic heterocycles. The van der Waals surface area contributed by atoms with Crippen LogP contribution >= 0.6 is 0 Å². The predicted molar refractivity (Wildman–Crippen MR) is 157 cm³/mol. The second-order valence-corrected chi connectivity index (χ2v) is 24.3. The fraction of sp³-hybridized carbons (Fsp3) is 0.806. The van der Waals surface area contributed by atoms with E-state index in [0.29, 0.717) is 6.54 Å². The van der Waals surface area contributed by atoms with Crippen LogP contribution in [-0.4, -0.2) is 42.9 Å². The van der Waals surface area contributed by atoms with Crippen LogP contribution in [0.2, 0.25) is 13.3 Å². The van der Waals surface area contributed by atoms with Gasteiger partial charge in [0.05, 0.1) is 0 Å². The van der Waals surface area contributed by atoms with Crippen LogP contribution in [0, 0.1) is 17.8 Å². The van der Waals surface area contributed by atoms with Crippen molar-refractivity contribution in [1.82, 2.24) is 5.32 Å². The van der Waals surface area contributed by atoms with Gasteiger partial charge < -0.3 is 0 Å². The molecule has 4 nitrogen and oxygen atoms in total. The molecule has 0 unspecified atom stereocenters. The number of hydrogen-bond acceptors (Lipinski definition) is 3. The first-order valence-electron chi connectivity index (χ1n) is 15.2. The Balaban J connectivity index is 2.69. The molecule has 1 N–H and O–H groups in total. The summed E-state index contributed by atoms with van der Waals surface area (Å²) < 4.78 is 12.9. The van der Waals surface area contributed by atoms with Gasteiger partial charge in [-0.1, -0.05) is 12.8 Å². The average molecular weight is 611 g/mol. The van der Waals surface area contributed by atoms with Crippen LogP contribution < -0.4 is 5.32 Å². The predicted octanol–water partition coefficient (Wildman–Crippen LogP) is 8.39. The number of ether oxygens (including phenoxy) is 1. The van der Waals surface area contributed by atoms with E-state index in [4.69, 9.17) is 4.74 Å². The molecule has 0 saturated heterocycles. The number of hydrogen-bond donors (Lipinski definition) is 1. The van der Waals surface area contributed by atoms with Crippen molar-refractivity contribution in [1.29, 1.82) is 0 Å². The van der Waals surface area contributed by atoms with Crippen LogP contribution in [0.1, 0.15) is 112 Å². The summed E-state index contributed by atoms with van der Waals surface area (Å²) in [5, 5.41) is 3.06. The first-order chi connectivity index (χ1) is 17.3. The van der Waals surface area contributed by atoms with Crippen molar-refractivity contribution in [2.75, 3.05) is 6.54 Å². The molecule has 1 aliphatic carbocycles. The molecular formula is C31H57NO3Sn. The van der Waals surface area contributed by atoms with E-state index in [1.165, 1.54) is 51.8 Å². The molecule has 36 heavy (non-hydrogen) atoms. The molecule has 0 bridgehead atoms. The van der Waals surface area contributed by atoms with Crippen LogP contribution in [-0.2, 0) is 14.3 Å². The molecule has 1 aliphatic rings. The van der Waals surface area contributed by atoms with E-state index in [0.717, 1.165) is 32.1 Å². The van der Waals surface area contributed by atoms with Crippen molar-refractivity contribution in [3.05, 3.63) is 22.3 Å². The van der Waals surface area contributed by atoms with Gasteiger partial charge >= 0.3 is 202 Å². The quantitative estimate of drug-likeness (QED) is 0.0908. The number of rotatable bonds is 19. The number of nitrogens with one attached hydrogen (secondary N) is 1. The standard InChI is InChI=1S/C19H30NO3.3C4H9.Sn/c1-5-13-20-17(21)12-11-15(4)18(14(3)6-2)23-19(22)16-9-7-8-10-16;3*1-3-4-2;/h1,5,11-12,14-16,18H,6-10,13H2,2-4H3,(H,20,21);3*1,3-4H2,2H3;/b5-1?,12-11+;;;;/t14-,15-,18-;;;;/m1..../s1. The van der Waals surface area contributed by atoms with Crippen molar-refractivity contribution < 1.29 is 14.3 Å². The average Bonchev–Trinajstić information content (AvgIpc) is 3.43. The van der Waals surface area contributed by atoms with Gasteiger partial charge in [0, 0.05) is 0 Å². The number of carbonyl (C=O) groups is 2. The normalized spacial score (nSPS) is 17.5. The van der Waals surface area contributed by atoms with E-state index in [1.807, 2.05) is 6.08 Å². The van der Waals surface area contributed by atoms with Gasteiger partial charge in [-0.15, -0.1) is 0 Å². The number of unbranched alkanes of at least 4 members (excludes halogenated alkanes) is 3. The topological polar surface area (TPSA) is 55.4 Å². The molecule has 0 spiro atoms. The molecule has 1 rings (SSSR count). The Morgan fingerprint density at radius 3 is 2.00 bits per heavy atom. The van der Waals surface area contributed by atoms with E-state index in [9.17, 15) is 9.59 Å². The minimum atomic E-state index is -2.29. The van der Waals surface area contributed by atoms with Gasteiger partial charge in [0.2, 0.25) is 0 Å². The van der Waals surface area contributed by atoms with Crippen LogP contribution in [0.3, 0.4) is 0 Å². The zero-order chi connectivity index (χ0) is 26.8. The number of carbonyl (C=O) groups excluding carboxylic acids is 2. The van der Waals surface area contributed by atoms with Gasteiger partial charge in [-0.05, 0) is 12.8 Å². The number of amides is 1. The van der Waals surface area contributed by atoms with E-state index >= 15 is 0 Å². The molecule has 0 radical (unpaired) electrons. The molecule has 0 aromatic rings. The zero-order valence-corrected chi connectivity index (χ0v) is 27.3. The third-order valence-electron chi connectivity index (χ3n) is 8.17. The van der Waals surface area contributed by atoms with Gasteiger partial charge in [0.1, 0.15) is 0 Å². The van der Waals surface area contributed by atoms with Gasteiger partial charge in [-0.25, -0.2) is 0 Å². The Hall–Kier alpha value is -0.781. The van der Waals surface area contributed by atoms with Crippen LogP contribution in [0.4, 0.5) is 0 Å². The van der Waals surface area contributed by atoms with Crippen molar-refractivity contribution in [3.63, 3.8) is 0 Å². The Morgan fingerprint density at radius 1 is 0.944 bits per heavy atom. The molecule has 0 heterocycles. The van der Waals surface area contributed by atoms with Gasteiger partial charge in [-0.2, -0.15) is 0 Å². The van der Waals surface area contributed by atoms with Gasteiger partial charge in [-0.3, -0.25) is 0 Å². The summed E-state index contributed by atoms with van der Waals surface area (Å²) in [6.07, 6.45) is 18.6. The molecule has 0 aromatic heterocycles. The third kappa shape index (κ3) is 12.6. The first-order valence-corrected chi connectivity index (χ1v) is 22.9. The second-order valence-electron chi connectivity index (χ2n) is 11.3. The van der Waals surface area contributed by atoms with E-state index in [-0.39, 0.29) is 35.7 Å². The summed E-state index contributed by atoms with van der Waals surface area (Å²) in [4.78, 5) is 25.2. The molecule has 1 fully saturated rings. The molecule has 1 saturated carbocycles. The monoisotopic (exact) mass is 611 g/mol. The molecule has 5 heteroatoms. The molecule has 208 valence electrons. The van der Waals surface area contributed by atoms with Gasteiger partial charge in [0.25, 0.3) is 0 Å².